The van der Waals surface area contributed by atoms with E-state index in [0.717, 1.165) is 11.3 Å². The normalized spacial score (nSPS) is 10.4. The van der Waals surface area contributed by atoms with Gasteiger partial charge in [-0.15, -0.1) is 0 Å². The molecule has 1 aromatic carbocycles. The Kier molecular flexibility index (Phi) is 2.97. The lowest BCUT2D eigenvalue weighted by Gasteiger charge is -2.07. The Balaban J connectivity index is 2.33. The Bertz CT molecular complexity index is 838. The Hall–Kier alpha value is -2.64. The number of fused-ring (bicyclic) bond motifs is 1. The van der Waals surface area contributed by atoms with Crippen LogP contribution in [0.1, 0.15) is 5.56 Å². The monoisotopic (exact) mass is 280 g/mol. The van der Waals surface area contributed by atoms with Crippen LogP contribution in [-0.2, 0) is 0 Å². The molecule has 2 N–H and O–H groups in total. The molecule has 0 aliphatic carbocycles. The first-order chi connectivity index (χ1) is 9.70. The molecule has 0 aliphatic rings. The van der Waals surface area contributed by atoms with Crippen LogP contribution in [0.25, 0.3) is 22.2 Å². The van der Waals surface area contributed by atoms with Gasteiger partial charge in [0.05, 0.1) is 11.2 Å². The summed E-state index contributed by atoms with van der Waals surface area (Å²) < 4.78 is 0. The Morgan fingerprint density at radius 1 is 1.05 bits per heavy atom. The van der Waals surface area contributed by atoms with E-state index in [0.29, 0.717) is 10.9 Å². The van der Waals surface area contributed by atoms with Crippen LogP contribution >= 0.6 is 11.6 Å². The minimum absolute atomic E-state index is 0.0997. The van der Waals surface area contributed by atoms with Gasteiger partial charge in [-0.25, -0.2) is 9.97 Å². The standard InChI is InChI=1S/C15H9ClN4/c16-14-10-6-7-12(9-4-2-1-3-5-9)19-13(10)11(8-17)15(18)20-14/h1-7H,(H2,18,20). The first kappa shape index (κ1) is 12.4. The van der Waals surface area contributed by atoms with Crippen LogP contribution in [-0.4, -0.2) is 9.97 Å². The van der Waals surface area contributed by atoms with Crippen LogP contribution in [0, 0.1) is 11.3 Å². The number of halogens is 1. The molecule has 3 aromatic rings. The largest absolute Gasteiger partial charge is 0.382 e. The fourth-order valence-electron chi connectivity index (χ4n) is 2.04. The van der Waals surface area contributed by atoms with Gasteiger partial charge in [-0.3, -0.25) is 0 Å². The van der Waals surface area contributed by atoms with E-state index in [1.807, 2.05) is 42.5 Å². The fourth-order valence-corrected chi connectivity index (χ4v) is 2.28. The van der Waals surface area contributed by atoms with Crippen LogP contribution < -0.4 is 5.73 Å². The molecular formula is C15H9ClN4. The van der Waals surface area contributed by atoms with Gasteiger partial charge >= 0.3 is 0 Å². The van der Waals surface area contributed by atoms with Crippen LogP contribution in [0.3, 0.4) is 0 Å². The van der Waals surface area contributed by atoms with Crippen molar-refractivity contribution in [3.8, 4) is 17.3 Å². The summed E-state index contributed by atoms with van der Waals surface area (Å²) in [6, 6.07) is 15.4. The van der Waals surface area contributed by atoms with E-state index in [-0.39, 0.29) is 16.5 Å². The predicted molar refractivity (Wildman–Crippen MR) is 79.1 cm³/mol. The van der Waals surface area contributed by atoms with Gasteiger partial charge < -0.3 is 5.73 Å². The Morgan fingerprint density at radius 2 is 1.80 bits per heavy atom. The summed E-state index contributed by atoms with van der Waals surface area (Å²) >= 11 is 6.05. The average molecular weight is 281 g/mol. The van der Waals surface area contributed by atoms with Crippen LogP contribution in [0.2, 0.25) is 5.15 Å². The molecule has 0 atom stereocenters. The van der Waals surface area contributed by atoms with Crippen LogP contribution in [0.15, 0.2) is 42.5 Å². The molecule has 0 fully saturated rings. The van der Waals surface area contributed by atoms with Crippen LogP contribution in [0.5, 0.6) is 0 Å². The maximum absolute atomic E-state index is 9.22. The molecule has 20 heavy (non-hydrogen) atoms. The molecule has 96 valence electrons. The average Bonchev–Trinajstić information content (AvgIpc) is 2.48. The van der Waals surface area contributed by atoms with Crippen molar-refractivity contribution < 1.29 is 0 Å². The number of rotatable bonds is 1. The number of aromatic nitrogens is 2. The zero-order valence-corrected chi connectivity index (χ0v) is 11.1. The predicted octanol–water partition coefficient (Wildman–Crippen LogP) is 3.40. The van der Waals surface area contributed by atoms with Crippen molar-refractivity contribution in [1.29, 1.82) is 5.26 Å². The molecule has 0 saturated heterocycles. The SMILES string of the molecule is N#Cc1c(N)nc(Cl)c2ccc(-c3ccccc3)nc12. The summed E-state index contributed by atoms with van der Waals surface area (Å²) in [7, 11) is 0. The fraction of sp³-hybridized carbons (Fsp3) is 0. The molecule has 0 spiro atoms. The third-order valence-corrected chi connectivity index (χ3v) is 3.30. The Morgan fingerprint density at radius 3 is 2.50 bits per heavy atom. The lowest BCUT2D eigenvalue weighted by Crippen LogP contribution is -1.99. The maximum atomic E-state index is 9.22. The lowest BCUT2D eigenvalue weighted by molar-refractivity contribution is 1.30. The van der Waals surface area contributed by atoms with E-state index < -0.39 is 0 Å². The number of benzene rings is 1. The molecule has 0 unspecified atom stereocenters. The molecule has 0 radical (unpaired) electrons. The summed E-state index contributed by atoms with van der Waals surface area (Å²) in [6.45, 7) is 0. The number of hydrogen-bond acceptors (Lipinski definition) is 4. The number of nitriles is 1. The molecule has 0 bridgehead atoms. The van der Waals surface area contributed by atoms with Gasteiger partial charge in [0.2, 0.25) is 0 Å². The van der Waals surface area contributed by atoms with Gasteiger partial charge in [0, 0.05) is 10.9 Å². The molecule has 0 aliphatic heterocycles. The lowest BCUT2D eigenvalue weighted by atomic mass is 10.1. The van der Waals surface area contributed by atoms with E-state index in [2.05, 4.69) is 9.97 Å². The van der Waals surface area contributed by atoms with Crippen molar-refractivity contribution in [3.63, 3.8) is 0 Å². The highest BCUT2D eigenvalue weighted by Gasteiger charge is 2.13. The van der Waals surface area contributed by atoms with Crippen molar-refractivity contribution in [2.75, 3.05) is 5.73 Å². The molecule has 0 amide bonds. The molecular weight excluding hydrogens is 272 g/mol. The van der Waals surface area contributed by atoms with Gasteiger partial charge in [0.25, 0.3) is 0 Å². The number of nitrogen functional groups attached to an aromatic ring is 1. The number of nitrogens with two attached hydrogens (primary N) is 1. The van der Waals surface area contributed by atoms with Crippen molar-refractivity contribution in [1.82, 2.24) is 9.97 Å². The quantitative estimate of drug-likeness (QED) is 0.693. The molecule has 3 rings (SSSR count). The molecule has 2 heterocycles. The number of nitrogens with zero attached hydrogens (tertiary/aromatic N) is 3. The van der Waals surface area contributed by atoms with Crippen molar-refractivity contribution in [2.24, 2.45) is 0 Å². The smallest absolute Gasteiger partial charge is 0.145 e. The number of anilines is 1. The van der Waals surface area contributed by atoms with Gasteiger partial charge in [0.1, 0.15) is 22.6 Å². The third kappa shape index (κ3) is 1.94. The van der Waals surface area contributed by atoms with Crippen molar-refractivity contribution >= 4 is 28.3 Å². The highest BCUT2D eigenvalue weighted by Crippen LogP contribution is 2.29. The summed E-state index contributed by atoms with van der Waals surface area (Å²) in [5.74, 6) is 0.0997. The summed E-state index contributed by atoms with van der Waals surface area (Å²) in [4.78, 5) is 8.47. The highest BCUT2D eigenvalue weighted by atomic mass is 35.5. The summed E-state index contributed by atoms with van der Waals surface area (Å²) in [5.41, 5.74) is 8.18. The summed E-state index contributed by atoms with van der Waals surface area (Å²) in [5, 5.41) is 10.1. The number of pyridine rings is 2. The van der Waals surface area contributed by atoms with E-state index in [1.165, 1.54) is 0 Å². The second kappa shape index (κ2) is 4.80. The first-order valence-corrected chi connectivity index (χ1v) is 6.30. The minimum Gasteiger partial charge on any atom is -0.382 e. The Labute approximate surface area is 120 Å². The third-order valence-electron chi connectivity index (χ3n) is 3.01. The maximum Gasteiger partial charge on any atom is 0.145 e. The van der Waals surface area contributed by atoms with Gasteiger partial charge in [-0.1, -0.05) is 41.9 Å². The highest BCUT2D eigenvalue weighted by molar-refractivity contribution is 6.34. The van der Waals surface area contributed by atoms with Gasteiger partial charge in [-0.05, 0) is 12.1 Å². The minimum atomic E-state index is 0.0997. The number of hydrogen-bond donors (Lipinski definition) is 1. The first-order valence-electron chi connectivity index (χ1n) is 5.92. The van der Waals surface area contributed by atoms with Crippen LogP contribution in [0.4, 0.5) is 5.82 Å². The zero-order valence-electron chi connectivity index (χ0n) is 10.3. The zero-order chi connectivity index (χ0) is 14.1. The molecule has 2 aromatic heterocycles. The second-order valence-electron chi connectivity index (χ2n) is 4.23. The summed E-state index contributed by atoms with van der Waals surface area (Å²) in [6.07, 6.45) is 0. The van der Waals surface area contributed by atoms with E-state index >= 15 is 0 Å². The molecule has 5 heteroatoms. The van der Waals surface area contributed by atoms with E-state index in [4.69, 9.17) is 17.3 Å². The molecule has 4 nitrogen and oxygen atoms in total. The topological polar surface area (TPSA) is 75.6 Å². The van der Waals surface area contributed by atoms with Crippen molar-refractivity contribution in [2.45, 2.75) is 0 Å². The van der Waals surface area contributed by atoms with E-state index in [9.17, 15) is 5.26 Å². The van der Waals surface area contributed by atoms with E-state index in [1.54, 1.807) is 6.07 Å². The van der Waals surface area contributed by atoms with Gasteiger partial charge in [0.15, 0.2) is 0 Å². The van der Waals surface area contributed by atoms with Crippen molar-refractivity contribution in [3.05, 3.63) is 53.2 Å². The van der Waals surface area contributed by atoms with Gasteiger partial charge in [-0.2, -0.15) is 5.26 Å². The second-order valence-corrected chi connectivity index (χ2v) is 4.59. The molecule has 0 saturated carbocycles.